The summed E-state index contributed by atoms with van der Waals surface area (Å²) in [5, 5.41) is 0. The van der Waals surface area contributed by atoms with Gasteiger partial charge in [0, 0.05) is 57.2 Å². The van der Waals surface area contributed by atoms with E-state index in [9.17, 15) is 4.79 Å². The predicted octanol–water partition coefficient (Wildman–Crippen LogP) is 3.89. The van der Waals surface area contributed by atoms with E-state index in [1.54, 1.807) is 0 Å². The number of aromatic nitrogens is 2. The van der Waals surface area contributed by atoms with Gasteiger partial charge in [-0.3, -0.25) is 9.69 Å². The van der Waals surface area contributed by atoms with E-state index < -0.39 is 0 Å². The standard InChI is InChI=1S/C25H30N4O/c1-2-23(21-9-5-3-6-10-21)25(30)29-19-16-27(17-20-29)15-18-28-14-13-26-24(28)22-11-7-4-8-12-22/h3-14,23H,2,15-20H2,1H3/t23-/m1/s1. The van der Waals surface area contributed by atoms with Gasteiger partial charge in [0.05, 0.1) is 5.92 Å². The van der Waals surface area contributed by atoms with Crippen molar-refractivity contribution in [3.05, 3.63) is 78.6 Å². The van der Waals surface area contributed by atoms with Crippen molar-refractivity contribution in [1.29, 1.82) is 0 Å². The molecule has 2 aromatic carbocycles. The molecule has 0 N–H and O–H groups in total. The predicted molar refractivity (Wildman–Crippen MR) is 120 cm³/mol. The van der Waals surface area contributed by atoms with Crippen LogP contribution < -0.4 is 0 Å². The Morgan fingerprint density at radius 1 is 0.933 bits per heavy atom. The normalized spacial score (nSPS) is 15.8. The van der Waals surface area contributed by atoms with Crippen molar-refractivity contribution in [2.24, 2.45) is 0 Å². The minimum atomic E-state index is -0.0304. The zero-order chi connectivity index (χ0) is 20.8. The quantitative estimate of drug-likeness (QED) is 0.602. The molecule has 1 saturated heterocycles. The van der Waals surface area contributed by atoms with Crippen LogP contribution in [0.2, 0.25) is 0 Å². The summed E-state index contributed by atoms with van der Waals surface area (Å²) in [7, 11) is 0. The molecule has 1 aliphatic rings. The second-order valence-corrected chi connectivity index (χ2v) is 7.85. The Morgan fingerprint density at radius 3 is 2.27 bits per heavy atom. The van der Waals surface area contributed by atoms with Crippen molar-refractivity contribution >= 4 is 5.91 Å². The van der Waals surface area contributed by atoms with Crippen LogP contribution in [-0.2, 0) is 11.3 Å². The molecule has 156 valence electrons. The average Bonchev–Trinajstić information content (AvgIpc) is 3.28. The molecule has 30 heavy (non-hydrogen) atoms. The molecule has 5 nitrogen and oxygen atoms in total. The number of benzene rings is 2. The van der Waals surface area contributed by atoms with Crippen molar-refractivity contribution in [1.82, 2.24) is 19.4 Å². The minimum absolute atomic E-state index is 0.0304. The van der Waals surface area contributed by atoms with Gasteiger partial charge in [-0.25, -0.2) is 4.98 Å². The highest BCUT2D eigenvalue weighted by atomic mass is 16.2. The van der Waals surface area contributed by atoms with Gasteiger partial charge in [0.25, 0.3) is 0 Å². The van der Waals surface area contributed by atoms with Gasteiger partial charge < -0.3 is 9.47 Å². The van der Waals surface area contributed by atoms with Crippen molar-refractivity contribution in [2.45, 2.75) is 25.8 Å². The van der Waals surface area contributed by atoms with E-state index in [-0.39, 0.29) is 11.8 Å². The monoisotopic (exact) mass is 402 g/mol. The lowest BCUT2D eigenvalue weighted by molar-refractivity contribution is -0.134. The number of carbonyl (C=O) groups excluding carboxylic acids is 1. The number of hydrogen-bond donors (Lipinski definition) is 0. The maximum absolute atomic E-state index is 13.1. The van der Waals surface area contributed by atoms with Crippen LogP contribution in [0.5, 0.6) is 0 Å². The highest BCUT2D eigenvalue weighted by Gasteiger charge is 2.27. The maximum atomic E-state index is 13.1. The number of hydrogen-bond acceptors (Lipinski definition) is 3. The van der Waals surface area contributed by atoms with E-state index in [4.69, 9.17) is 0 Å². The second-order valence-electron chi connectivity index (χ2n) is 7.85. The van der Waals surface area contributed by atoms with E-state index in [2.05, 4.69) is 45.6 Å². The molecule has 0 bridgehead atoms. The molecule has 1 amide bonds. The molecule has 1 aromatic heterocycles. The molecule has 1 fully saturated rings. The largest absolute Gasteiger partial charge is 0.340 e. The van der Waals surface area contributed by atoms with Gasteiger partial charge in [0.15, 0.2) is 0 Å². The third-order valence-corrected chi connectivity index (χ3v) is 6.00. The summed E-state index contributed by atoms with van der Waals surface area (Å²) in [5.41, 5.74) is 2.27. The Balaban J connectivity index is 1.30. The highest BCUT2D eigenvalue weighted by molar-refractivity contribution is 5.83. The molecule has 1 atom stereocenters. The molecule has 0 unspecified atom stereocenters. The van der Waals surface area contributed by atoms with Gasteiger partial charge in [-0.15, -0.1) is 0 Å². The highest BCUT2D eigenvalue weighted by Crippen LogP contribution is 2.23. The third-order valence-electron chi connectivity index (χ3n) is 6.00. The van der Waals surface area contributed by atoms with Gasteiger partial charge in [0.1, 0.15) is 5.82 Å². The van der Waals surface area contributed by atoms with Crippen LogP contribution in [0.25, 0.3) is 11.4 Å². The average molecular weight is 403 g/mol. The smallest absolute Gasteiger partial charge is 0.230 e. The van der Waals surface area contributed by atoms with Crippen LogP contribution in [0.1, 0.15) is 24.8 Å². The lowest BCUT2D eigenvalue weighted by atomic mass is 9.95. The van der Waals surface area contributed by atoms with E-state index in [0.29, 0.717) is 0 Å². The second kappa shape index (κ2) is 9.72. The summed E-state index contributed by atoms with van der Waals surface area (Å²) < 4.78 is 2.22. The first-order chi connectivity index (χ1) is 14.8. The van der Waals surface area contributed by atoms with Crippen LogP contribution in [0, 0.1) is 0 Å². The van der Waals surface area contributed by atoms with Gasteiger partial charge in [0.2, 0.25) is 5.91 Å². The molecule has 0 aliphatic carbocycles. The Hall–Kier alpha value is -2.92. The first-order valence-corrected chi connectivity index (χ1v) is 10.9. The minimum Gasteiger partial charge on any atom is -0.340 e. The lowest BCUT2D eigenvalue weighted by Gasteiger charge is -2.36. The Bertz CT molecular complexity index is 930. The van der Waals surface area contributed by atoms with Crippen LogP contribution in [-0.4, -0.2) is 58.0 Å². The molecular weight excluding hydrogens is 372 g/mol. The fraction of sp³-hybridized carbons (Fsp3) is 0.360. The van der Waals surface area contributed by atoms with Crippen molar-refractivity contribution in [2.75, 3.05) is 32.7 Å². The summed E-state index contributed by atoms with van der Waals surface area (Å²) in [5.74, 6) is 1.25. The van der Waals surface area contributed by atoms with Crippen LogP contribution in [0.4, 0.5) is 0 Å². The van der Waals surface area contributed by atoms with Gasteiger partial charge in [-0.1, -0.05) is 67.6 Å². The van der Waals surface area contributed by atoms with E-state index in [0.717, 1.165) is 62.6 Å². The summed E-state index contributed by atoms with van der Waals surface area (Å²) in [6, 6.07) is 20.5. The van der Waals surface area contributed by atoms with Crippen LogP contribution in [0.3, 0.4) is 0 Å². The van der Waals surface area contributed by atoms with Crippen LogP contribution >= 0.6 is 0 Å². The third kappa shape index (κ3) is 4.62. The summed E-state index contributed by atoms with van der Waals surface area (Å²) in [6.45, 7) is 7.42. The Labute approximate surface area is 179 Å². The van der Waals surface area contributed by atoms with Crippen LogP contribution in [0.15, 0.2) is 73.1 Å². The summed E-state index contributed by atoms with van der Waals surface area (Å²) >= 11 is 0. The molecule has 1 aliphatic heterocycles. The van der Waals surface area contributed by atoms with Crippen molar-refractivity contribution in [3.63, 3.8) is 0 Å². The number of amides is 1. The molecule has 2 heterocycles. The topological polar surface area (TPSA) is 41.4 Å². The van der Waals surface area contributed by atoms with E-state index in [1.165, 1.54) is 0 Å². The zero-order valence-electron chi connectivity index (χ0n) is 17.7. The maximum Gasteiger partial charge on any atom is 0.230 e. The van der Waals surface area contributed by atoms with E-state index >= 15 is 0 Å². The first-order valence-electron chi connectivity index (χ1n) is 10.9. The number of nitrogens with zero attached hydrogens (tertiary/aromatic N) is 4. The number of rotatable bonds is 7. The fourth-order valence-corrected chi connectivity index (χ4v) is 4.24. The number of carbonyl (C=O) groups is 1. The molecule has 4 rings (SSSR count). The number of piperazine rings is 1. The fourth-order valence-electron chi connectivity index (χ4n) is 4.24. The molecule has 5 heteroatoms. The molecular formula is C25H30N4O. The van der Waals surface area contributed by atoms with Gasteiger partial charge in [-0.05, 0) is 12.0 Å². The van der Waals surface area contributed by atoms with E-state index in [1.807, 2.05) is 53.7 Å². The Morgan fingerprint density at radius 2 is 1.60 bits per heavy atom. The molecule has 0 radical (unpaired) electrons. The summed E-state index contributed by atoms with van der Waals surface area (Å²) in [6.07, 6.45) is 4.76. The van der Waals surface area contributed by atoms with Crippen molar-refractivity contribution < 1.29 is 4.79 Å². The Kier molecular flexibility index (Phi) is 6.60. The van der Waals surface area contributed by atoms with Gasteiger partial charge >= 0.3 is 0 Å². The summed E-state index contributed by atoms with van der Waals surface area (Å²) in [4.78, 5) is 22.1. The molecule has 3 aromatic rings. The SMILES string of the molecule is CC[C@@H](C(=O)N1CCN(CCn2ccnc2-c2ccccc2)CC1)c1ccccc1. The zero-order valence-corrected chi connectivity index (χ0v) is 17.7. The van der Waals surface area contributed by atoms with Gasteiger partial charge in [-0.2, -0.15) is 0 Å². The molecule has 0 spiro atoms. The number of imidazole rings is 1. The first kappa shape index (κ1) is 20.4. The molecule has 0 saturated carbocycles. The lowest BCUT2D eigenvalue weighted by Crippen LogP contribution is -2.50. The van der Waals surface area contributed by atoms with Crippen molar-refractivity contribution in [3.8, 4) is 11.4 Å².